The quantitative estimate of drug-likeness (QED) is 0.736. The number of halogens is 2. The van der Waals surface area contributed by atoms with E-state index < -0.39 is 23.6 Å². The number of amides is 2. The molecule has 1 aliphatic rings. The highest BCUT2D eigenvalue weighted by Gasteiger charge is 2.37. The number of rotatable bonds is 4. The summed E-state index contributed by atoms with van der Waals surface area (Å²) in [7, 11) is 0. The molecule has 0 unspecified atom stereocenters. The minimum Gasteiger partial charge on any atom is -0.321 e. The molecule has 0 radical (unpaired) electrons. The van der Waals surface area contributed by atoms with E-state index in [1.807, 2.05) is 12.1 Å². The first-order chi connectivity index (χ1) is 13.5. The number of hydrogen-bond donors (Lipinski definition) is 1. The van der Waals surface area contributed by atoms with Crippen molar-refractivity contribution in [2.24, 2.45) is 0 Å². The van der Waals surface area contributed by atoms with Gasteiger partial charge in [-0.05, 0) is 29.3 Å². The lowest BCUT2D eigenvalue weighted by Crippen LogP contribution is -2.37. The molecular formula is C22H16F2N2O2. The summed E-state index contributed by atoms with van der Waals surface area (Å²) in [5.41, 5.74) is 1.67. The number of nitrogens with one attached hydrogen (secondary N) is 1. The van der Waals surface area contributed by atoms with Crippen molar-refractivity contribution in [2.75, 3.05) is 5.32 Å². The third-order valence-corrected chi connectivity index (χ3v) is 4.71. The lowest BCUT2D eigenvalue weighted by molar-refractivity contribution is -0.120. The molecule has 1 aliphatic heterocycles. The standard InChI is InChI=1S/C22H16F2N2O2/c23-16-10-11-18(24)19(12-16)25-21(27)20(14-6-2-1-3-7-14)26-13-15-8-4-5-9-17(15)22(26)28/h1-12,20H,13H2,(H,25,27)/t20-/m0/s1. The molecule has 1 atom stereocenters. The maximum atomic E-state index is 14.0. The summed E-state index contributed by atoms with van der Waals surface area (Å²) in [5.74, 6) is -2.31. The van der Waals surface area contributed by atoms with Crippen LogP contribution in [0.4, 0.5) is 14.5 Å². The Labute approximate surface area is 160 Å². The number of benzene rings is 3. The number of anilines is 1. The van der Waals surface area contributed by atoms with Crippen LogP contribution < -0.4 is 5.32 Å². The van der Waals surface area contributed by atoms with Crippen LogP contribution in [0, 0.1) is 11.6 Å². The van der Waals surface area contributed by atoms with Crippen LogP contribution in [0.5, 0.6) is 0 Å². The molecule has 4 rings (SSSR count). The van der Waals surface area contributed by atoms with Crippen LogP contribution in [-0.2, 0) is 11.3 Å². The summed E-state index contributed by atoms with van der Waals surface area (Å²) < 4.78 is 27.5. The van der Waals surface area contributed by atoms with Crippen molar-refractivity contribution in [3.63, 3.8) is 0 Å². The van der Waals surface area contributed by atoms with E-state index in [0.717, 1.165) is 23.8 Å². The fraction of sp³-hybridized carbons (Fsp3) is 0.0909. The van der Waals surface area contributed by atoms with Crippen LogP contribution >= 0.6 is 0 Å². The molecule has 0 spiro atoms. The summed E-state index contributed by atoms with van der Waals surface area (Å²) in [4.78, 5) is 27.4. The molecule has 3 aromatic rings. The first-order valence-electron chi connectivity index (χ1n) is 8.74. The third kappa shape index (κ3) is 3.24. The molecule has 28 heavy (non-hydrogen) atoms. The van der Waals surface area contributed by atoms with E-state index >= 15 is 0 Å². The molecular weight excluding hydrogens is 362 g/mol. The summed E-state index contributed by atoms with van der Waals surface area (Å²) in [6.45, 7) is 0.258. The molecule has 0 fully saturated rings. The van der Waals surface area contributed by atoms with Gasteiger partial charge in [-0.15, -0.1) is 0 Å². The van der Waals surface area contributed by atoms with Gasteiger partial charge in [0, 0.05) is 18.2 Å². The Bertz CT molecular complexity index is 1050. The largest absolute Gasteiger partial charge is 0.321 e. The predicted molar refractivity (Wildman–Crippen MR) is 100 cm³/mol. The molecule has 0 aromatic heterocycles. The Hall–Kier alpha value is -3.54. The Kier molecular flexibility index (Phi) is 4.61. The van der Waals surface area contributed by atoms with E-state index in [-0.39, 0.29) is 18.1 Å². The topological polar surface area (TPSA) is 49.4 Å². The molecule has 6 heteroatoms. The van der Waals surface area contributed by atoms with Gasteiger partial charge in [0.25, 0.3) is 11.8 Å². The van der Waals surface area contributed by atoms with Crippen LogP contribution in [0.15, 0.2) is 72.8 Å². The van der Waals surface area contributed by atoms with Gasteiger partial charge < -0.3 is 10.2 Å². The number of hydrogen-bond acceptors (Lipinski definition) is 2. The zero-order valence-corrected chi connectivity index (χ0v) is 14.7. The molecule has 0 bridgehead atoms. The number of fused-ring (bicyclic) bond motifs is 1. The maximum Gasteiger partial charge on any atom is 0.255 e. The summed E-state index contributed by atoms with van der Waals surface area (Å²) in [5, 5.41) is 2.43. The Morgan fingerprint density at radius 2 is 1.68 bits per heavy atom. The fourth-order valence-corrected chi connectivity index (χ4v) is 3.39. The Balaban J connectivity index is 1.70. The van der Waals surface area contributed by atoms with Crippen molar-refractivity contribution in [3.05, 3.63) is 101 Å². The van der Waals surface area contributed by atoms with Gasteiger partial charge in [0.05, 0.1) is 5.69 Å². The highest BCUT2D eigenvalue weighted by atomic mass is 19.1. The number of carbonyl (C=O) groups is 2. The minimum absolute atomic E-state index is 0.258. The lowest BCUT2D eigenvalue weighted by Gasteiger charge is -2.27. The van der Waals surface area contributed by atoms with Crippen molar-refractivity contribution in [2.45, 2.75) is 12.6 Å². The van der Waals surface area contributed by atoms with Crippen LogP contribution in [0.25, 0.3) is 0 Å². The van der Waals surface area contributed by atoms with Crippen LogP contribution in [0.3, 0.4) is 0 Å². The molecule has 1 N–H and O–H groups in total. The van der Waals surface area contributed by atoms with Gasteiger partial charge >= 0.3 is 0 Å². The van der Waals surface area contributed by atoms with Crippen molar-refractivity contribution < 1.29 is 18.4 Å². The second-order valence-corrected chi connectivity index (χ2v) is 6.52. The molecule has 0 saturated carbocycles. The molecule has 4 nitrogen and oxygen atoms in total. The first kappa shape index (κ1) is 17.9. The molecule has 0 saturated heterocycles. The van der Waals surface area contributed by atoms with Crippen molar-refractivity contribution in [1.29, 1.82) is 0 Å². The molecule has 140 valence electrons. The third-order valence-electron chi connectivity index (χ3n) is 4.71. The molecule has 0 aliphatic carbocycles. The zero-order valence-electron chi connectivity index (χ0n) is 14.7. The van der Waals surface area contributed by atoms with E-state index in [1.165, 1.54) is 4.90 Å². The van der Waals surface area contributed by atoms with Crippen molar-refractivity contribution in [1.82, 2.24) is 4.90 Å². The summed E-state index contributed by atoms with van der Waals surface area (Å²) in [6.07, 6.45) is 0. The lowest BCUT2D eigenvalue weighted by atomic mass is 10.0. The van der Waals surface area contributed by atoms with E-state index in [9.17, 15) is 18.4 Å². The molecule has 3 aromatic carbocycles. The van der Waals surface area contributed by atoms with Gasteiger partial charge in [0.1, 0.15) is 17.7 Å². The molecule has 1 heterocycles. The minimum atomic E-state index is -0.983. The monoisotopic (exact) mass is 378 g/mol. The maximum absolute atomic E-state index is 14.0. The van der Waals surface area contributed by atoms with Gasteiger partial charge in [-0.3, -0.25) is 9.59 Å². The smallest absolute Gasteiger partial charge is 0.255 e. The van der Waals surface area contributed by atoms with Crippen LogP contribution in [0.2, 0.25) is 0 Å². The Morgan fingerprint density at radius 3 is 2.43 bits per heavy atom. The highest BCUT2D eigenvalue weighted by Crippen LogP contribution is 2.32. The van der Waals surface area contributed by atoms with Gasteiger partial charge in [-0.25, -0.2) is 8.78 Å². The second kappa shape index (κ2) is 7.23. The summed E-state index contributed by atoms with van der Waals surface area (Å²) in [6, 6.07) is 17.7. The normalized spacial score (nSPS) is 13.9. The molecule has 2 amide bonds. The van der Waals surface area contributed by atoms with Crippen molar-refractivity contribution >= 4 is 17.5 Å². The average Bonchev–Trinajstić information content (AvgIpc) is 3.02. The predicted octanol–water partition coefficient (Wildman–Crippen LogP) is 4.30. The van der Waals surface area contributed by atoms with Crippen LogP contribution in [-0.4, -0.2) is 16.7 Å². The average molecular weight is 378 g/mol. The summed E-state index contributed by atoms with van der Waals surface area (Å²) >= 11 is 0. The van der Waals surface area contributed by atoms with E-state index in [4.69, 9.17) is 0 Å². The SMILES string of the molecule is O=C(Nc1cc(F)ccc1F)[C@H](c1ccccc1)N1Cc2ccccc2C1=O. The Morgan fingerprint density at radius 1 is 0.964 bits per heavy atom. The van der Waals surface area contributed by atoms with Crippen LogP contribution in [0.1, 0.15) is 27.5 Å². The van der Waals surface area contributed by atoms with Gasteiger partial charge in [-0.2, -0.15) is 0 Å². The van der Waals surface area contributed by atoms with Gasteiger partial charge in [0.2, 0.25) is 0 Å². The number of nitrogens with zero attached hydrogens (tertiary/aromatic N) is 1. The van der Waals surface area contributed by atoms with Gasteiger partial charge in [0.15, 0.2) is 0 Å². The highest BCUT2D eigenvalue weighted by molar-refractivity contribution is 6.04. The van der Waals surface area contributed by atoms with E-state index in [1.54, 1.807) is 42.5 Å². The van der Waals surface area contributed by atoms with E-state index in [2.05, 4.69) is 5.32 Å². The number of carbonyl (C=O) groups excluding carboxylic acids is 2. The van der Waals surface area contributed by atoms with Crippen molar-refractivity contribution in [3.8, 4) is 0 Å². The fourth-order valence-electron chi connectivity index (χ4n) is 3.39. The first-order valence-corrected chi connectivity index (χ1v) is 8.74. The zero-order chi connectivity index (χ0) is 19.7. The van der Waals surface area contributed by atoms with E-state index in [0.29, 0.717) is 11.1 Å². The van der Waals surface area contributed by atoms with Gasteiger partial charge in [-0.1, -0.05) is 48.5 Å². The second-order valence-electron chi connectivity index (χ2n) is 6.52.